The number of aromatic nitrogens is 3. The minimum absolute atomic E-state index is 0.0514. The molecule has 0 unspecified atom stereocenters. The molecule has 3 heterocycles. The second-order valence-corrected chi connectivity index (χ2v) is 7.49. The number of ketones is 1. The van der Waals surface area contributed by atoms with Crippen molar-refractivity contribution in [3.05, 3.63) is 63.6 Å². The smallest absolute Gasteiger partial charge is 0.257 e. The summed E-state index contributed by atoms with van der Waals surface area (Å²) in [6.07, 6.45) is 2.38. The molecule has 0 saturated carbocycles. The fourth-order valence-electron chi connectivity index (χ4n) is 3.11. The summed E-state index contributed by atoms with van der Waals surface area (Å²) in [7, 11) is 0. The van der Waals surface area contributed by atoms with Crippen LogP contribution in [0.2, 0.25) is 0 Å². The molecule has 0 bridgehead atoms. The lowest BCUT2D eigenvalue weighted by atomic mass is 10.2. The summed E-state index contributed by atoms with van der Waals surface area (Å²) >= 11 is 1.16. The largest absolute Gasteiger partial charge is 0.493 e. The van der Waals surface area contributed by atoms with Crippen molar-refractivity contribution in [2.24, 2.45) is 0 Å². The van der Waals surface area contributed by atoms with E-state index in [1.807, 2.05) is 43.5 Å². The Balaban J connectivity index is 1.78. The minimum Gasteiger partial charge on any atom is -0.493 e. The van der Waals surface area contributed by atoms with Crippen LogP contribution in [-0.2, 0) is 13.1 Å². The molecule has 0 aliphatic carbocycles. The zero-order valence-electron chi connectivity index (χ0n) is 16.1. The summed E-state index contributed by atoms with van der Waals surface area (Å²) < 4.78 is 8.93. The van der Waals surface area contributed by atoms with E-state index in [0.717, 1.165) is 41.4 Å². The first-order valence-corrected chi connectivity index (χ1v) is 10.0. The molecule has 8 heteroatoms. The van der Waals surface area contributed by atoms with Crippen LogP contribution >= 0.6 is 11.8 Å². The van der Waals surface area contributed by atoms with E-state index in [9.17, 15) is 14.7 Å². The first kappa shape index (κ1) is 20.0. The highest BCUT2D eigenvalue weighted by atomic mass is 32.2. The monoisotopic (exact) mass is 401 g/mol. The second kappa shape index (κ2) is 8.52. The highest BCUT2D eigenvalue weighted by Crippen LogP contribution is 2.22. The van der Waals surface area contributed by atoms with Crippen LogP contribution in [0.15, 0.2) is 44.9 Å². The van der Waals surface area contributed by atoms with Gasteiger partial charge >= 0.3 is 0 Å². The van der Waals surface area contributed by atoms with Gasteiger partial charge in [-0.1, -0.05) is 18.7 Å². The third-order valence-corrected chi connectivity index (χ3v) is 5.48. The van der Waals surface area contributed by atoms with Crippen molar-refractivity contribution in [1.29, 1.82) is 0 Å². The number of Topliss-reactive ketones (excluding diaryl/α,β-unsaturated/α-hetero) is 1. The number of thioether (sulfide) groups is 1. The summed E-state index contributed by atoms with van der Waals surface area (Å²) in [6.45, 7) is 6.87. The average Bonchev–Trinajstić information content (AvgIpc) is 3.26. The van der Waals surface area contributed by atoms with Crippen LogP contribution in [0.1, 0.15) is 40.9 Å². The van der Waals surface area contributed by atoms with Gasteiger partial charge in [0, 0.05) is 23.5 Å². The number of nitrogens with zero attached hydrogens (tertiary/aromatic N) is 3. The summed E-state index contributed by atoms with van der Waals surface area (Å²) in [5, 5.41) is 9.99. The van der Waals surface area contributed by atoms with Gasteiger partial charge in [-0.05, 0) is 38.5 Å². The van der Waals surface area contributed by atoms with Gasteiger partial charge in [0.2, 0.25) is 5.88 Å². The first-order valence-electron chi connectivity index (χ1n) is 9.06. The van der Waals surface area contributed by atoms with Gasteiger partial charge < -0.3 is 14.1 Å². The Labute approximate surface area is 167 Å². The van der Waals surface area contributed by atoms with E-state index in [-0.39, 0.29) is 23.0 Å². The van der Waals surface area contributed by atoms with Gasteiger partial charge in [-0.2, -0.15) is 4.98 Å². The van der Waals surface area contributed by atoms with Crippen LogP contribution in [0.5, 0.6) is 5.88 Å². The van der Waals surface area contributed by atoms with Crippen LogP contribution in [0, 0.1) is 13.8 Å². The van der Waals surface area contributed by atoms with Crippen LogP contribution in [0.25, 0.3) is 0 Å². The maximum atomic E-state index is 12.8. The summed E-state index contributed by atoms with van der Waals surface area (Å²) in [4.78, 5) is 28.9. The Kier molecular flexibility index (Phi) is 6.08. The topological polar surface area (TPSA) is 90.3 Å². The molecule has 0 aliphatic heterocycles. The van der Waals surface area contributed by atoms with Crippen molar-refractivity contribution in [3.63, 3.8) is 0 Å². The van der Waals surface area contributed by atoms with E-state index in [2.05, 4.69) is 4.98 Å². The second-order valence-electron chi connectivity index (χ2n) is 6.55. The van der Waals surface area contributed by atoms with E-state index >= 15 is 0 Å². The number of hydrogen-bond donors (Lipinski definition) is 1. The summed E-state index contributed by atoms with van der Waals surface area (Å²) in [5.41, 5.74) is 2.16. The maximum Gasteiger partial charge on any atom is 0.257 e. The van der Waals surface area contributed by atoms with Gasteiger partial charge in [0.15, 0.2) is 10.9 Å². The zero-order valence-corrected chi connectivity index (χ0v) is 17.0. The van der Waals surface area contributed by atoms with Gasteiger partial charge in [-0.15, -0.1) is 0 Å². The predicted octanol–water partition coefficient (Wildman–Crippen LogP) is 3.39. The van der Waals surface area contributed by atoms with Crippen molar-refractivity contribution in [2.45, 2.75) is 45.4 Å². The van der Waals surface area contributed by atoms with Gasteiger partial charge in [0.05, 0.1) is 24.6 Å². The first-order chi connectivity index (χ1) is 13.4. The number of rotatable bonds is 8. The minimum atomic E-state index is -0.330. The molecule has 0 amide bonds. The predicted molar refractivity (Wildman–Crippen MR) is 107 cm³/mol. The van der Waals surface area contributed by atoms with Crippen molar-refractivity contribution < 1.29 is 14.3 Å². The van der Waals surface area contributed by atoms with Crippen molar-refractivity contribution in [3.8, 4) is 5.88 Å². The third kappa shape index (κ3) is 4.22. The van der Waals surface area contributed by atoms with Crippen molar-refractivity contribution >= 4 is 17.5 Å². The van der Waals surface area contributed by atoms with Gasteiger partial charge in [-0.3, -0.25) is 14.2 Å². The molecule has 3 rings (SSSR count). The molecule has 0 aromatic carbocycles. The van der Waals surface area contributed by atoms with Gasteiger partial charge in [0.1, 0.15) is 5.76 Å². The number of aromatic hydroxyl groups is 1. The van der Waals surface area contributed by atoms with E-state index in [1.165, 1.54) is 4.57 Å². The Morgan fingerprint density at radius 3 is 2.75 bits per heavy atom. The number of furan rings is 1. The number of aryl methyl sites for hydroxylation is 1. The normalized spacial score (nSPS) is 11.1. The van der Waals surface area contributed by atoms with E-state index in [1.54, 1.807) is 6.26 Å². The Hall–Kier alpha value is -2.74. The van der Waals surface area contributed by atoms with Gasteiger partial charge in [-0.25, -0.2) is 0 Å². The lowest BCUT2D eigenvalue weighted by Gasteiger charge is -2.10. The third-order valence-electron chi connectivity index (χ3n) is 4.51. The number of carbonyl (C=O) groups excluding carboxylic acids is 1. The molecule has 0 radical (unpaired) electrons. The summed E-state index contributed by atoms with van der Waals surface area (Å²) in [6, 6.07) is 6.70. The SMILES string of the molecule is CCCn1c(SCC(=O)c2cc(C)n(Cc3ccco3)c2C)nc(O)cc1=O. The molecule has 7 nitrogen and oxygen atoms in total. The Morgan fingerprint density at radius 1 is 1.29 bits per heavy atom. The molecule has 3 aromatic rings. The number of hydrogen-bond acceptors (Lipinski definition) is 6. The van der Waals surface area contributed by atoms with Crippen LogP contribution in [0.3, 0.4) is 0 Å². The van der Waals surface area contributed by atoms with E-state index in [0.29, 0.717) is 23.8 Å². The van der Waals surface area contributed by atoms with Crippen LogP contribution < -0.4 is 5.56 Å². The molecule has 3 aromatic heterocycles. The Bertz CT molecular complexity index is 1030. The molecular formula is C20H23N3O4S. The molecule has 0 fully saturated rings. The highest BCUT2D eigenvalue weighted by molar-refractivity contribution is 7.99. The quantitative estimate of drug-likeness (QED) is 0.353. The molecule has 0 aliphatic rings. The molecule has 1 N–H and O–H groups in total. The molecule has 28 heavy (non-hydrogen) atoms. The summed E-state index contributed by atoms with van der Waals surface area (Å²) in [5.74, 6) is 0.570. The van der Waals surface area contributed by atoms with Crippen molar-refractivity contribution in [1.82, 2.24) is 14.1 Å². The Morgan fingerprint density at radius 2 is 2.07 bits per heavy atom. The van der Waals surface area contributed by atoms with Crippen LogP contribution in [0.4, 0.5) is 0 Å². The van der Waals surface area contributed by atoms with Crippen molar-refractivity contribution in [2.75, 3.05) is 5.75 Å². The number of carbonyl (C=O) groups is 1. The van der Waals surface area contributed by atoms with E-state index < -0.39 is 0 Å². The maximum absolute atomic E-state index is 12.8. The standard InChI is InChI=1S/C20H23N3O4S/c1-4-7-22-19(26)10-18(25)21-20(22)28-12-17(24)16-9-13(2)23(14(16)3)11-15-6-5-8-27-15/h5-6,8-10,25H,4,7,11-12H2,1-3H3. The van der Waals surface area contributed by atoms with Crippen LogP contribution in [-0.4, -0.2) is 30.8 Å². The average molecular weight is 401 g/mol. The molecular weight excluding hydrogens is 378 g/mol. The lowest BCUT2D eigenvalue weighted by Crippen LogP contribution is -2.22. The molecule has 0 atom stereocenters. The fourth-order valence-corrected chi connectivity index (χ4v) is 4.02. The lowest BCUT2D eigenvalue weighted by molar-refractivity contribution is 0.102. The molecule has 0 saturated heterocycles. The van der Waals surface area contributed by atoms with E-state index in [4.69, 9.17) is 4.42 Å². The molecule has 0 spiro atoms. The highest BCUT2D eigenvalue weighted by Gasteiger charge is 2.18. The zero-order chi connectivity index (χ0) is 20.3. The molecule has 148 valence electrons. The fraction of sp³-hybridized carbons (Fsp3) is 0.350. The van der Waals surface area contributed by atoms with Gasteiger partial charge in [0.25, 0.3) is 5.56 Å².